The molecule has 2 atom stereocenters. The van der Waals surface area contributed by atoms with E-state index in [4.69, 9.17) is 9.47 Å². The second-order valence-electron chi connectivity index (χ2n) is 6.13. The SMILES string of the molecule is C[C@H](CNC(=O)[C@@H](C)OC(=O)COc1ccccc1C=O)c1ccccc1. The van der Waals surface area contributed by atoms with Gasteiger partial charge in [0.05, 0.1) is 5.56 Å². The maximum Gasteiger partial charge on any atom is 0.344 e. The molecule has 0 radical (unpaired) electrons. The van der Waals surface area contributed by atoms with Crippen molar-refractivity contribution in [3.63, 3.8) is 0 Å². The molecule has 0 saturated carbocycles. The van der Waals surface area contributed by atoms with E-state index in [1.807, 2.05) is 37.3 Å². The van der Waals surface area contributed by atoms with Gasteiger partial charge < -0.3 is 14.8 Å². The van der Waals surface area contributed by atoms with Gasteiger partial charge >= 0.3 is 5.97 Å². The zero-order valence-corrected chi connectivity index (χ0v) is 15.4. The van der Waals surface area contributed by atoms with Crippen molar-refractivity contribution in [3.8, 4) is 5.75 Å². The van der Waals surface area contributed by atoms with Gasteiger partial charge in [0.25, 0.3) is 5.91 Å². The summed E-state index contributed by atoms with van der Waals surface area (Å²) in [6.45, 7) is 3.56. The fourth-order valence-corrected chi connectivity index (χ4v) is 2.43. The molecule has 0 unspecified atom stereocenters. The van der Waals surface area contributed by atoms with Crippen LogP contribution in [0.4, 0.5) is 0 Å². The van der Waals surface area contributed by atoms with Gasteiger partial charge in [0.1, 0.15) is 5.75 Å². The summed E-state index contributed by atoms with van der Waals surface area (Å²) < 4.78 is 10.4. The maximum absolute atomic E-state index is 12.1. The lowest BCUT2D eigenvalue weighted by molar-refractivity contribution is -0.156. The van der Waals surface area contributed by atoms with Crippen LogP contribution in [-0.4, -0.2) is 37.4 Å². The van der Waals surface area contributed by atoms with Crippen molar-refractivity contribution < 1.29 is 23.9 Å². The Morgan fingerprint density at radius 1 is 1.04 bits per heavy atom. The molecule has 0 aliphatic heterocycles. The first-order chi connectivity index (χ1) is 13.0. The van der Waals surface area contributed by atoms with E-state index in [9.17, 15) is 14.4 Å². The van der Waals surface area contributed by atoms with Crippen LogP contribution in [-0.2, 0) is 14.3 Å². The summed E-state index contributed by atoms with van der Waals surface area (Å²) in [7, 11) is 0. The minimum atomic E-state index is -0.939. The number of esters is 1. The quantitative estimate of drug-likeness (QED) is 0.543. The Kier molecular flexibility index (Phi) is 7.55. The second-order valence-corrected chi connectivity index (χ2v) is 6.13. The van der Waals surface area contributed by atoms with Crippen LogP contribution < -0.4 is 10.1 Å². The van der Waals surface area contributed by atoms with Gasteiger partial charge in [-0.2, -0.15) is 0 Å². The molecule has 2 aromatic rings. The molecule has 0 heterocycles. The minimum Gasteiger partial charge on any atom is -0.481 e. The van der Waals surface area contributed by atoms with E-state index < -0.39 is 12.1 Å². The van der Waals surface area contributed by atoms with Crippen LogP contribution in [0.2, 0.25) is 0 Å². The van der Waals surface area contributed by atoms with E-state index in [1.165, 1.54) is 6.92 Å². The summed E-state index contributed by atoms with van der Waals surface area (Å²) >= 11 is 0. The predicted octanol–water partition coefficient (Wildman–Crippen LogP) is 2.73. The largest absolute Gasteiger partial charge is 0.481 e. The number of para-hydroxylation sites is 1. The molecule has 142 valence electrons. The highest BCUT2D eigenvalue weighted by atomic mass is 16.6. The molecule has 6 nitrogen and oxygen atoms in total. The smallest absolute Gasteiger partial charge is 0.344 e. The summed E-state index contributed by atoms with van der Waals surface area (Å²) in [4.78, 5) is 34.9. The molecule has 0 aliphatic rings. The van der Waals surface area contributed by atoms with E-state index in [1.54, 1.807) is 24.3 Å². The van der Waals surface area contributed by atoms with Crippen LogP contribution in [0.3, 0.4) is 0 Å². The zero-order chi connectivity index (χ0) is 19.6. The minimum absolute atomic E-state index is 0.140. The third-order valence-electron chi connectivity index (χ3n) is 4.02. The lowest BCUT2D eigenvalue weighted by Gasteiger charge is -2.17. The van der Waals surface area contributed by atoms with Gasteiger partial charge in [-0.25, -0.2) is 4.79 Å². The first-order valence-electron chi connectivity index (χ1n) is 8.70. The number of ether oxygens (including phenoxy) is 2. The van der Waals surface area contributed by atoms with Crippen molar-refractivity contribution in [1.82, 2.24) is 5.32 Å². The molecule has 27 heavy (non-hydrogen) atoms. The summed E-state index contributed by atoms with van der Waals surface area (Å²) in [5.74, 6) is -0.631. The van der Waals surface area contributed by atoms with Crippen molar-refractivity contribution in [2.45, 2.75) is 25.9 Å². The van der Waals surface area contributed by atoms with Crippen LogP contribution >= 0.6 is 0 Å². The summed E-state index contributed by atoms with van der Waals surface area (Å²) in [5.41, 5.74) is 1.45. The molecule has 6 heteroatoms. The van der Waals surface area contributed by atoms with Gasteiger partial charge in [0, 0.05) is 6.54 Å². The molecule has 0 spiro atoms. The van der Waals surface area contributed by atoms with E-state index in [-0.39, 0.29) is 18.4 Å². The van der Waals surface area contributed by atoms with Crippen molar-refractivity contribution in [1.29, 1.82) is 0 Å². The summed E-state index contributed by atoms with van der Waals surface area (Å²) in [6, 6.07) is 16.4. The van der Waals surface area contributed by atoms with Crippen LogP contribution in [0.25, 0.3) is 0 Å². The average molecular weight is 369 g/mol. The Labute approximate surface area is 158 Å². The highest BCUT2D eigenvalue weighted by Crippen LogP contribution is 2.15. The standard InChI is InChI=1S/C21H23NO5/c1-15(17-8-4-3-5-9-17)12-22-21(25)16(2)27-20(24)14-26-19-11-7-6-10-18(19)13-23/h3-11,13,15-16H,12,14H2,1-2H3,(H,22,25)/t15-,16-/m1/s1. The third-order valence-corrected chi connectivity index (χ3v) is 4.02. The topological polar surface area (TPSA) is 81.7 Å². The molecule has 0 fully saturated rings. The van der Waals surface area contributed by atoms with Crippen LogP contribution in [0, 0.1) is 0 Å². The molecule has 2 aromatic carbocycles. The van der Waals surface area contributed by atoms with Gasteiger partial charge in [-0.1, -0.05) is 49.4 Å². The summed E-state index contributed by atoms with van der Waals surface area (Å²) in [5, 5.41) is 2.77. The Morgan fingerprint density at radius 2 is 1.70 bits per heavy atom. The number of rotatable bonds is 9. The van der Waals surface area contributed by atoms with E-state index in [2.05, 4.69) is 5.32 Å². The van der Waals surface area contributed by atoms with Gasteiger partial charge in [0.15, 0.2) is 19.0 Å². The number of aldehydes is 1. The first kappa shape index (κ1) is 20.2. The van der Waals surface area contributed by atoms with Crippen molar-refractivity contribution >= 4 is 18.2 Å². The lowest BCUT2D eigenvalue weighted by Crippen LogP contribution is -2.38. The number of carbonyl (C=O) groups excluding carboxylic acids is 3. The lowest BCUT2D eigenvalue weighted by atomic mass is 10.0. The van der Waals surface area contributed by atoms with Crippen molar-refractivity contribution in [3.05, 3.63) is 65.7 Å². The molecule has 2 rings (SSSR count). The Balaban J connectivity index is 1.76. The number of benzene rings is 2. The molecular weight excluding hydrogens is 346 g/mol. The number of amides is 1. The van der Waals surface area contributed by atoms with Crippen molar-refractivity contribution in [2.75, 3.05) is 13.2 Å². The summed E-state index contributed by atoms with van der Waals surface area (Å²) in [6.07, 6.45) is -0.296. The number of hydrogen-bond acceptors (Lipinski definition) is 5. The Morgan fingerprint density at radius 3 is 2.41 bits per heavy atom. The highest BCUT2D eigenvalue weighted by Gasteiger charge is 2.19. The Bertz CT molecular complexity index is 775. The Hall–Kier alpha value is -3.15. The molecular formula is C21H23NO5. The highest BCUT2D eigenvalue weighted by molar-refractivity contribution is 5.84. The monoisotopic (exact) mass is 369 g/mol. The molecule has 0 aromatic heterocycles. The number of hydrogen-bond donors (Lipinski definition) is 1. The molecule has 1 N–H and O–H groups in total. The predicted molar refractivity (Wildman–Crippen MR) is 101 cm³/mol. The number of nitrogens with one attached hydrogen (secondary N) is 1. The normalized spacial score (nSPS) is 12.5. The van der Waals surface area contributed by atoms with Crippen LogP contribution in [0.5, 0.6) is 5.75 Å². The first-order valence-corrected chi connectivity index (χ1v) is 8.70. The maximum atomic E-state index is 12.1. The molecule has 1 amide bonds. The average Bonchev–Trinajstić information content (AvgIpc) is 2.70. The van der Waals surface area contributed by atoms with Gasteiger partial charge in [0.2, 0.25) is 0 Å². The van der Waals surface area contributed by atoms with E-state index in [0.717, 1.165) is 5.56 Å². The third kappa shape index (κ3) is 6.26. The second kappa shape index (κ2) is 10.1. The van der Waals surface area contributed by atoms with Crippen LogP contribution in [0.1, 0.15) is 35.7 Å². The van der Waals surface area contributed by atoms with Crippen LogP contribution in [0.15, 0.2) is 54.6 Å². The molecule has 0 bridgehead atoms. The molecule has 0 aliphatic carbocycles. The zero-order valence-electron chi connectivity index (χ0n) is 15.4. The van der Waals surface area contributed by atoms with E-state index in [0.29, 0.717) is 24.1 Å². The van der Waals surface area contributed by atoms with Crippen molar-refractivity contribution in [2.24, 2.45) is 0 Å². The fraction of sp³-hybridized carbons (Fsp3) is 0.286. The van der Waals surface area contributed by atoms with E-state index >= 15 is 0 Å². The van der Waals surface area contributed by atoms with Gasteiger partial charge in [-0.3, -0.25) is 9.59 Å². The fourth-order valence-electron chi connectivity index (χ4n) is 2.43. The molecule has 0 saturated heterocycles. The number of carbonyl (C=O) groups is 3. The van der Waals surface area contributed by atoms with Gasteiger partial charge in [-0.05, 0) is 30.5 Å². The van der Waals surface area contributed by atoms with Gasteiger partial charge in [-0.15, -0.1) is 0 Å².